The van der Waals surface area contributed by atoms with Gasteiger partial charge in [0.15, 0.2) is 0 Å². The van der Waals surface area contributed by atoms with Crippen molar-refractivity contribution in [2.45, 2.75) is 97.4 Å². The molecule has 1 unspecified atom stereocenters. The molecule has 0 radical (unpaired) electrons. The SMILES string of the molecule is CCCCCCCC(C)(CCCC)n1nc(Br)c(C(F)F)c1C. The number of aromatic nitrogens is 2. The lowest BCUT2D eigenvalue weighted by molar-refractivity contribution is 0.148. The fourth-order valence-corrected chi connectivity index (χ4v) is 3.88. The second-order valence-electron chi connectivity index (χ2n) is 6.77. The third kappa shape index (κ3) is 5.54. The number of rotatable bonds is 11. The van der Waals surface area contributed by atoms with E-state index in [0.717, 1.165) is 32.1 Å². The molecule has 2 nitrogen and oxygen atoms in total. The smallest absolute Gasteiger partial charge is 0.262 e. The third-order valence-electron chi connectivity index (χ3n) is 4.73. The fraction of sp³-hybridized carbons (Fsp3) is 0.833. The van der Waals surface area contributed by atoms with Crippen LogP contribution in [-0.4, -0.2) is 9.78 Å². The van der Waals surface area contributed by atoms with Crippen molar-refractivity contribution in [1.82, 2.24) is 9.78 Å². The van der Waals surface area contributed by atoms with Gasteiger partial charge in [0.1, 0.15) is 4.60 Å². The molecule has 0 aliphatic rings. The summed E-state index contributed by atoms with van der Waals surface area (Å²) in [7, 11) is 0. The highest BCUT2D eigenvalue weighted by atomic mass is 79.9. The average Bonchev–Trinajstić information content (AvgIpc) is 2.80. The topological polar surface area (TPSA) is 17.8 Å². The fourth-order valence-electron chi connectivity index (χ4n) is 3.26. The van der Waals surface area contributed by atoms with Gasteiger partial charge >= 0.3 is 0 Å². The van der Waals surface area contributed by atoms with Gasteiger partial charge in [-0.25, -0.2) is 8.78 Å². The van der Waals surface area contributed by atoms with Gasteiger partial charge < -0.3 is 0 Å². The van der Waals surface area contributed by atoms with E-state index >= 15 is 0 Å². The van der Waals surface area contributed by atoms with Gasteiger partial charge in [-0.3, -0.25) is 4.68 Å². The molecule has 5 heteroatoms. The van der Waals surface area contributed by atoms with E-state index in [4.69, 9.17) is 0 Å². The zero-order chi connectivity index (χ0) is 17.5. The summed E-state index contributed by atoms with van der Waals surface area (Å²) in [5.41, 5.74) is 0.458. The van der Waals surface area contributed by atoms with E-state index in [0.29, 0.717) is 10.3 Å². The number of alkyl halides is 2. The molecule has 0 spiro atoms. The Hall–Kier alpha value is -0.450. The van der Waals surface area contributed by atoms with E-state index < -0.39 is 6.43 Å². The van der Waals surface area contributed by atoms with Crippen molar-refractivity contribution in [2.24, 2.45) is 0 Å². The van der Waals surface area contributed by atoms with Crippen LogP contribution in [-0.2, 0) is 5.54 Å². The highest BCUT2D eigenvalue weighted by Crippen LogP contribution is 2.36. The van der Waals surface area contributed by atoms with Crippen LogP contribution >= 0.6 is 15.9 Å². The first-order valence-electron chi connectivity index (χ1n) is 8.91. The van der Waals surface area contributed by atoms with Gasteiger partial charge in [-0.1, -0.05) is 58.8 Å². The first kappa shape index (κ1) is 20.6. The van der Waals surface area contributed by atoms with Gasteiger partial charge in [-0.05, 0) is 42.6 Å². The minimum atomic E-state index is -2.49. The van der Waals surface area contributed by atoms with E-state index in [1.807, 2.05) is 4.68 Å². The average molecular weight is 393 g/mol. The first-order valence-corrected chi connectivity index (χ1v) is 9.70. The van der Waals surface area contributed by atoms with Crippen LogP contribution in [0.5, 0.6) is 0 Å². The molecule has 0 aromatic carbocycles. The summed E-state index contributed by atoms with van der Waals surface area (Å²) < 4.78 is 28.6. The second-order valence-corrected chi connectivity index (χ2v) is 7.52. The molecule has 0 aliphatic heterocycles. The maximum absolute atomic E-state index is 13.3. The lowest BCUT2D eigenvalue weighted by Crippen LogP contribution is -2.32. The maximum atomic E-state index is 13.3. The molecule has 0 fully saturated rings. The van der Waals surface area contributed by atoms with Gasteiger partial charge in [0.2, 0.25) is 0 Å². The zero-order valence-electron chi connectivity index (χ0n) is 15.0. The Kier molecular flexibility index (Phi) is 8.73. The van der Waals surface area contributed by atoms with Crippen molar-refractivity contribution in [3.63, 3.8) is 0 Å². The normalized spacial score (nSPS) is 14.4. The molecule has 0 amide bonds. The van der Waals surface area contributed by atoms with Gasteiger partial charge in [0.25, 0.3) is 6.43 Å². The standard InChI is InChI=1S/C18H31BrF2N2/c1-5-7-9-10-11-13-18(4,12-8-6-2)23-14(3)15(17(20)21)16(19)22-23/h17H,5-13H2,1-4H3. The van der Waals surface area contributed by atoms with Crippen LogP contribution in [0, 0.1) is 6.92 Å². The lowest BCUT2D eigenvalue weighted by Gasteiger charge is -2.32. The van der Waals surface area contributed by atoms with Crippen LogP contribution in [0.4, 0.5) is 8.78 Å². The number of hydrogen-bond donors (Lipinski definition) is 0. The molecule has 1 aromatic rings. The quantitative estimate of drug-likeness (QED) is 0.365. The summed E-state index contributed by atoms with van der Waals surface area (Å²) in [4.78, 5) is 0. The molecule has 1 atom stereocenters. The number of hydrogen-bond acceptors (Lipinski definition) is 1. The summed E-state index contributed by atoms with van der Waals surface area (Å²) in [6.07, 6.45) is 7.77. The summed E-state index contributed by atoms with van der Waals surface area (Å²) in [5.74, 6) is 0. The number of halogens is 3. The lowest BCUT2D eigenvalue weighted by atomic mass is 9.88. The van der Waals surface area contributed by atoms with Crippen LogP contribution in [0.25, 0.3) is 0 Å². The Balaban J connectivity index is 2.94. The molecular weight excluding hydrogens is 362 g/mol. The van der Waals surface area contributed by atoms with Crippen LogP contribution < -0.4 is 0 Å². The molecule has 0 bridgehead atoms. The minimum absolute atomic E-state index is 0.0405. The van der Waals surface area contributed by atoms with Crippen molar-refractivity contribution >= 4 is 15.9 Å². The minimum Gasteiger partial charge on any atom is -0.262 e. The summed E-state index contributed by atoms with van der Waals surface area (Å²) in [5, 5.41) is 4.42. The Morgan fingerprint density at radius 3 is 2.13 bits per heavy atom. The van der Waals surface area contributed by atoms with Crippen LogP contribution in [0.1, 0.15) is 96.2 Å². The van der Waals surface area contributed by atoms with Crippen molar-refractivity contribution < 1.29 is 8.78 Å². The Labute approximate surface area is 148 Å². The molecule has 134 valence electrons. The highest BCUT2D eigenvalue weighted by molar-refractivity contribution is 9.10. The molecule has 1 aromatic heterocycles. The van der Waals surface area contributed by atoms with Crippen molar-refractivity contribution in [2.75, 3.05) is 0 Å². The van der Waals surface area contributed by atoms with E-state index in [-0.39, 0.29) is 11.1 Å². The predicted octanol–water partition coefficient (Wildman–Crippen LogP) is 7.16. The van der Waals surface area contributed by atoms with E-state index in [1.54, 1.807) is 6.92 Å². The molecule has 0 saturated heterocycles. The van der Waals surface area contributed by atoms with E-state index in [9.17, 15) is 8.78 Å². The van der Waals surface area contributed by atoms with Gasteiger partial charge in [-0.2, -0.15) is 5.10 Å². The molecule has 1 heterocycles. The largest absolute Gasteiger partial charge is 0.268 e. The highest BCUT2D eigenvalue weighted by Gasteiger charge is 2.32. The summed E-state index contributed by atoms with van der Waals surface area (Å²) in [6.45, 7) is 8.31. The maximum Gasteiger partial charge on any atom is 0.268 e. The summed E-state index contributed by atoms with van der Waals surface area (Å²) >= 11 is 3.22. The van der Waals surface area contributed by atoms with E-state index in [1.165, 1.54) is 25.7 Å². The van der Waals surface area contributed by atoms with Gasteiger partial charge in [0, 0.05) is 5.69 Å². The Morgan fingerprint density at radius 2 is 1.61 bits per heavy atom. The van der Waals surface area contributed by atoms with Crippen LogP contribution in [0.15, 0.2) is 4.60 Å². The predicted molar refractivity (Wildman–Crippen MR) is 96.2 cm³/mol. The Morgan fingerprint density at radius 1 is 1.04 bits per heavy atom. The molecule has 23 heavy (non-hydrogen) atoms. The summed E-state index contributed by atoms with van der Waals surface area (Å²) in [6, 6.07) is 0. The molecule has 0 N–H and O–H groups in total. The zero-order valence-corrected chi connectivity index (χ0v) is 16.6. The number of unbranched alkanes of at least 4 members (excludes halogenated alkanes) is 5. The van der Waals surface area contributed by atoms with Crippen molar-refractivity contribution in [1.29, 1.82) is 0 Å². The number of nitrogens with zero attached hydrogens (tertiary/aromatic N) is 2. The van der Waals surface area contributed by atoms with Crippen molar-refractivity contribution in [3.8, 4) is 0 Å². The van der Waals surface area contributed by atoms with Crippen molar-refractivity contribution in [3.05, 3.63) is 15.9 Å². The monoisotopic (exact) mass is 392 g/mol. The van der Waals surface area contributed by atoms with E-state index in [2.05, 4.69) is 41.8 Å². The molecule has 0 saturated carbocycles. The second kappa shape index (κ2) is 9.75. The Bertz CT molecular complexity index is 474. The molecule has 0 aliphatic carbocycles. The van der Waals surface area contributed by atoms with Gasteiger partial charge in [0.05, 0.1) is 11.1 Å². The molecular formula is C18H31BrF2N2. The van der Waals surface area contributed by atoms with Crippen LogP contribution in [0.2, 0.25) is 0 Å². The molecule has 1 rings (SSSR count). The van der Waals surface area contributed by atoms with Gasteiger partial charge in [-0.15, -0.1) is 0 Å². The van der Waals surface area contributed by atoms with Crippen LogP contribution in [0.3, 0.4) is 0 Å². The third-order valence-corrected chi connectivity index (χ3v) is 5.32. The first-order chi connectivity index (χ1) is 10.9.